The van der Waals surface area contributed by atoms with Crippen molar-refractivity contribution in [2.45, 2.75) is 12.6 Å². The van der Waals surface area contributed by atoms with Crippen LogP contribution in [-0.4, -0.2) is 5.91 Å². The Hall–Kier alpha value is -1.98. The summed E-state index contributed by atoms with van der Waals surface area (Å²) in [7, 11) is 0. The second kappa shape index (κ2) is 4.90. The fourth-order valence-corrected chi connectivity index (χ4v) is 1.23. The Bertz CT molecular complexity index is 453. The smallest absolute Gasteiger partial charge is 0.398 e. The minimum Gasteiger partial charge on any atom is -0.398 e. The summed E-state index contributed by atoms with van der Waals surface area (Å²) >= 11 is 0. The van der Waals surface area contributed by atoms with E-state index in [0.29, 0.717) is 5.56 Å². The summed E-state index contributed by atoms with van der Waals surface area (Å²) in [5.41, 5.74) is 9.22. The quantitative estimate of drug-likeness (QED) is 0.800. The molecule has 0 saturated heterocycles. The van der Waals surface area contributed by atoms with Crippen LogP contribution in [0, 0.1) is 0 Å². The maximum atomic E-state index is 12.5. The number of halogens is 3. The minimum atomic E-state index is -4.49. The van der Waals surface area contributed by atoms with Crippen LogP contribution in [0.3, 0.4) is 0 Å². The molecular formula is C11H11F3N2O. The summed E-state index contributed by atoms with van der Waals surface area (Å²) in [4.78, 5) is 10.4. The zero-order valence-electron chi connectivity index (χ0n) is 8.79. The number of nitrogens with two attached hydrogens (primary N) is 2. The number of amides is 1. The van der Waals surface area contributed by atoms with Gasteiger partial charge in [-0.15, -0.1) is 0 Å². The maximum absolute atomic E-state index is 12.5. The van der Waals surface area contributed by atoms with Crippen LogP contribution in [0.5, 0.6) is 0 Å². The molecular weight excluding hydrogens is 233 g/mol. The Labute approximate surface area is 95.9 Å². The van der Waals surface area contributed by atoms with Crippen LogP contribution in [-0.2, 0) is 11.0 Å². The lowest BCUT2D eigenvalue weighted by atomic mass is 10.1. The summed E-state index contributed by atoms with van der Waals surface area (Å²) in [6.45, 7) is 0. The van der Waals surface area contributed by atoms with Gasteiger partial charge in [0.15, 0.2) is 0 Å². The van der Waals surface area contributed by atoms with Crippen molar-refractivity contribution in [3.05, 3.63) is 35.4 Å². The first kappa shape index (κ1) is 13.1. The molecule has 3 nitrogen and oxygen atoms in total. The van der Waals surface area contributed by atoms with Crippen molar-refractivity contribution in [1.29, 1.82) is 0 Å². The summed E-state index contributed by atoms with van der Waals surface area (Å²) in [6, 6.07) is 3.53. The van der Waals surface area contributed by atoms with Crippen LogP contribution in [0.2, 0.25) is 0 Å². The standard InChI is InChI=1S/C11H11F3N2O/c12-11(13,14)8-6-7(4-5-9(8)15)2-1-3-10(16)17/h1-2,4-6H,3,15H2,(H2,16,17). The Morgan fingerprint density at radius 1 is 1.35 bits per heavy atom. The summed E-state index contributed by atoms with van der Waals surface area (Å²) in [5, 5.41) is 0. The van der Waals surface area contributed by atoms with E-state index in [1.807, 2.05) is 0 Å². The molecule has 6 heteroatoms. The van der Waals surface area contributed by atoms with Crippen LogP contribution in [0.1, 0.15) is 17.5 Å². The minimum absolute atomic E-state index is 0.0221. The number of primary amides is 1. The second-order valence-electron chi connectivity index (χ2n) is 3.42. The lowest BCUT2D eigenvalue weighted by Crippen LogP contribution is -2.09. The predicted molar refractivity (Wildman–Crippen MR) is 58.7 cm³/mol. The average Bonchev–Trinajstić information content (AvgIpc) is 2.18. The lowest BCUT2D eigenvalue weighted by molar-refractivity contribution is -0.136. The third kappa shape index (κ3) is 3.82. The normalized spacial score (nSPS) is 11.9. The van der Waals surface area contributed by atoms with E-state index in [1.165, 1.54) is 24.3 Å². The third-order valence-corrected chi connectivity index (χ3v) is 2.01. The summed E-state index contributed by atoms with van der Waals surface area (Å²) in [6.07, 6.45) is -1.73. The number of rotatable bonds is 3. The van der Waals surface area contributed by atoms with E-state index in [1.54, 1.807) is 0 Å². The fourth-order valence-electron chi connectivity index (χ4n) is 1.23. The lowest BCUT2D eigenvalue weighted by Gasteiger charge is -2.10. The van der Waals surface area contributed by atoms with Crippen LogP contribution < -0.4 is 11.5 Å². The Morgan fingerprint density at radius 2 is 2.00 bits per heavy atom. The van der Waals surface area contributed by atoms with E-state index in [2.05, 4.69) is 0 Å². The van der Waals surface area contributed by atoms with Crippen molar-refractivity contribution in [3.63, 3.8) is 0 Å². The van der Waals surface area contributed by atoms with Crippen molar-refractivity contribution in [2.24, 2.45) is 5.73 Å². The molecule has 0 aromatic heterocycles. The Balaban J connectivity index is 2.97. The largest absolute Gasteiger partial charge is 0.418 e. The summed E-state index contributed by atoms with van der Waals surface area (Å²) < 4.78 is 37.5. The van der Waals surface area contributed by atoms with Gasteiger partial charge in [-0.25, -0.2) is 0 Å². The molecule has 0 spiro atoms. The van der Waals surface area contributed by atoms with E-state index in [-0.39, 0.29) is 12.1 Å². The molecule has 0 aliphatic rings. The van der Waals surface area contributed by atoms with Gasteiger partial charge in [-0.3, -0.25) is 4.79 Å². The first-order chi connectivity index (χ1) is 7.80. The number of alkyl halides is 3. The number of hydrogen-bond acceptors (Lipinski definition) is 2. The number of nitrogen functional groups attached to an aromatic ring is 1. The highest BCUT2D eigenvalue weighted by Gasteiger charge is 2.32. The van der Waals surface area contributed by atoms with Crippen LogP contribution >= 0.6 is 0 Å². The highest BCUT2D eigenvalue weighted by atomic mass is 19.4. The molecule has 1 aromatic rings. The van der Waals surface area contributed by atoms with Crippen LogP contribution in [0.15, 0.2) is 24.3 Å². The number of carbonyl (C=O) groups is 1. The van der Waals surface area contributed by atoms with E-state index in [4.69, 9.17) is 11.5 Å². The highest BCUT2D eigenvalue weighted by Crippen LogP contribution is 2.34. The van der Waals surface area contributed by atoms with Gasteiger partial charge in [-0.1, -0.05) is 18.2 Å². The van der Waals surface area contributed by atoms with Gasteiger partial charge in [0.1, 0.15) is 0 Å². The van der Waals surface area contributed by atoms with Gasteiger partial charge in [0.05, 0.1) is 5.56 Å². The number of carbonyl (C=O) groups excluding carboxylic acids is 1. The predicted octanol–water partition coefficient (Wildman–Crippen LogP) is 2.18. The van der Waals surface area contributed by atoms with E-state index in [0.717, 1.165) is 6.07 Å². The van der Waals surface area contributed by atoms with E-state index >= 15 is 0 Å². The van der Waals surface area contributed by atoms with Gasteiger partial charge in [0, 0.05) is 12.1 Å². The molecule has 0 fully saturated rings. The highest BCUT2D eigenvalue weighted by molar-refractivity contribution is 5.76. The second-order valence-corrected chi connectivity index (χ2v) is 3.42. The SMILES string of the molecule is NC(=O)CC=Cc1ccc(N)c(C(F)(F)F)c1. The molecule has 1 amide bonds. The molecule has 0 unspecified atom stereocenters. The molecule has 0 radical (unpaired) electrons. The first-order valence-electron chi connectivity index (χ1n) is 4.72. The zero-order chi connectivity index (χ0) is 13.1. The fraction of sp³-hybridized carbons (Fsp3) is 0.182. The van der Waals surface area contributed by atoms with Crippen molar-refractivity contribution in [2.75, 3.05) is 5.73 Å². The number of benzene rings is 1. The molecule has 0 atom stereocenters. The maximum Gasteiger partial charge on any atom is 0.418 e. The topological polar surface area (TPSA) is 69.1 Å². The monoisotopic (exact) mass is 244 g/mol. The molecule has 0 heterocycles. The van der Waals surface area contributed by atoms with Gasteiger partial charge in [0.2, 0.25) is 5.91 Å². The van der Waals surface area contributed by atoms with Gasteiger partial charge < -0.3 is 11.5 Å². The molecule has 17 heavy (non-hydrogen) atoms. The van der Waals surface area contributed by atoms with Crippen molar-refractivity contribution in [1.82, 2.24) is 0 Å². The molecule has 1 rings (SSSR count). The molecule has 0 aliphatic heterocycles. The van der Waals surface area contributed by atoms with Gasteiger partial charge >= 0.3 is 6.18 Å². The third-order valence-electron chi connectivity index (χ3n) is 2.01. The van der Waals surface area contributed by atoms with Gasteiger partial charge in [0.25, 0.3) is 0 Å². The molecule has 92 valence electrons. The molecule has 0 saturated carbocycles. The number of hydrogen-bond donors (Lipinski definition) is 2. The Kier molecular flexibility index (Phi) is 3.77. The van der Waals surface area contributed by atoms with E-state index in [9.17, 15) is 18.0 Å². The Morgan fingerprint density at radius 3 is 2.53 bits per heavy atom. The van der Waals surface area contributed by atoms with Gasteiger partial charge in [-0.05, 0) is 17.7 Å². The van der Waals surface area contributed by atoms with Gasteiger partial charge in [-0.2, -0.15) is 13.2 Å². The zero-order valence-corrected chi connectivity index (χ0v) is 8.79. The van der Waals surface area contributed by atoms with Crippen molar-refractivity contribution >= 4 is 17.7 Å². The number of anilines is 1. The first-order valence-corrected chi connectivity index (χ1v) is 4.72. The van der Waals surface area contributed by atoms with Crippen molar-refractivity contribution in [3.8, 4) is 0 Å². The average molecular weight is 244 g/mol. The van der Waals surface area contributed by atoms with Crippen LogP contribution in [0.4, 0.5) is 18.9 Å². The molecule has 0 aliphatic carbocycles. The molecule has 0 bridgehead atoms. The van der Waals surface area contributed by atoms with Crippen molar-refractivity contribution < 1.29 is 18.0 Å². The molecule has 1 aromatic carbocycles. The summed E-state index contributed by atoms with van der Waals surface area (Å²) in [5.74, 6) is -0.548. The van der Waals surface area contributed by atoms with Crippen LogP contribution in [0.25, 0.3) is 6.08 Å². The molecule has 4 N–H and O–H groups in total. The van der Waals surface area contributed by atoms with E-state index < -0.39 is 17.6 Å².